The molecule has 18 nitrogen and oxygen atoms in total. The molecular weight excluding hydrogens is 1230 g/mol. The van der Waals surface area contributed by atoms with Gasteiger partial charge in [0.05, 0.1) is 12.7 Å². The molecule has 7 rings (SSSR count). The Morgan fingerprint density at radius 3 is 1.27 bits per heavy atom. The van der Waals surface area contributed by atoms with Gasteiger partial charge in [-0.05, 0) is 152 Å². The van der Waals surface area contributed by atoms with Gasteiger partial charge in [0, 0.05) is 48.8 Å². The van der Waals surface area contributed by atoms with Crippen LogP contribution in [0.1, 0.15) is 113 Å². The first kappa shape index (κ1) is 83.8. The Balaban J connectivity index is 0.00000108. The molecule has 0 saturated carbocycles. The lowest BCUT2D eigenvalue weighted by atomic mass is 10.0. The number of hydrogen-bond acceptors (Lipinski definition) is 10. The summed E-state index contributed by atoms with van der Waals surface area (Å²) in [4.78, 5) is 81.4. The van der Waals surface area contributed by atoms with Gasteiger partial charge in [-0.15, -0.1) is 0 Å². The SMILES string of the molecule is CC(C)(C)[Si](C)(C)Oc1ccccc1/C=C/C(=O)O.CCCC(=O)O.COc1cc(/C=C/C(=O)O)cc(C)c1C.Cc1ccc(/C=C/C(=O)O)cc1.Cc1cccc(/C=C/C(=O)O)c1.O=C(O)/C=C/c1ccccc1.O=C(O)CCc1ccccc1.O=C(O)c1ccccc1. The molecule has 504 valence electrons. The standard InChI is InChI=1S/C15H22O3Si.C12H14O3.2C10H10O2.C9H10O2.C9H8O2.C7H6O2.C4H8O2/c1-15(2,3)19(4,5)18-13-9-7-6-8-12(13)10-11-14(16)17;1-8-6-10(4-5-12(13)14)7-11(15-3)9(8)2;1-8-2-4-9(5-3-8)6-7-10(11)12;1-8-3-2-4-9(7-8)5-6-10(11)12;2*10-9(11)7-6-8-4-2-1-3-5-8;8-7(9)6-4-2-1-3-5-6;1-2-3-4(5)6/h6-11H,1-5H3,(H,16,17);4-7H,1-3H3,(H,13,14);2*2-7H,1H3,(H,11,12);1-5H,6-7H2,(H,10,11);1-7H,(H,10,11);1-5H,(H,8,9);2-3H2,1H3,(H,5,6)/b11-10+;5-4+;7-6+;6-5+;;7-6+;;. The van der Waals surface area contributed by atoms with Gasteiger partial charge in [-0.25, -0.2) is 28.8 Å². The summed E-state index contributed by atoms with van der Waals surface area (Å²) < 4.78 is 11.4. The maximum absolute atomic E-state index is 10.6. The molecule has 0 spiro atoms. The average molecular weight is 1320 g/mol. The zero-order valence-electron chi connectivity index (χ0n) is 55.5. The van der Waals surface area contributed by atoms with Crippen LogP contribution >= 0.6 is 0 Å². The van der Waals surface area contributed by atoms with Crippen molar-refractivity contribution in [2.24, 2.45) is 0 Å². The second-order valence-electron chi connectivity index (χ2n) is 21.9. The third kappa shape index (κ3) is 42.5. The van der Waals surface area contributed by atoms with E-state index in [-0.39, 0.29) is 11.5 Å². The molecular formula is C76H88O18Si. The number of aliphatic carboxylic acids is 7. The van der Waals surface area contributed by atoms with Gasteiger partial charge >= 0.3 is 47.8 Å². The first-order valence-corrected chi connectivity index (χ1v) is 32.5. The van der Waals surface area contributed by atoms with E-state index >= 15 is 0 Å². The number of para-hydroxylation sites is 1. The van der Waals surface area contributed by atoms with Crippen LogP contribution in [0.2, 0.25) is 18.1 Å². The molecule has 0 heterocycles. The second-order valence-corrected chi connectivity index (χ2v) is 26.6. The molecule has 8 N–H and O–H groups in total. The normalized spacial score (nSPS) is 10.5. The molecule has 19 heteroatoms. The van der Waals surface area contributed by atoms with E-state index in [0.717, 1.165) is 98.4 Å². The lowest BCUT2D eigenvalue weighted by Gasteiger charge is -2.36. The lowest BCUT2D eigenvalue weighted by Crippen LogP contribution is -2.44. The molecule has 0 unspecified atom stereocenters. The number of rotatable bonds is 19. The van der Waals surface area contributed by atoms with Gasteiger partial charge in [0.25, 0.3) is 8.32 Å². The van der Waals surface area contributed by atoms with Crippen molar-refractivity contribution < 1.29 is 88.4 Å². The smallest absolute Gasteiger partial charge is 0.335 e. The lowest BCUT2D eigenvalue weighted by molar-refractivity contribution is -0.138. The molecule has 7 aromatic rings. The minimum absolute atomic E-state index is 0.108. The van der Waals surface area contributed by atoms with Gasteiger partial charge in [0.1, 0.15) is 11.5 Å². The van der Waals surface area contributed by atoms with Crippen LogP contribution in [0.15, 0.2) is 206 Å². The number of ether oxygens (including phenoxy) is 1. The van der Waals surface area contributed by atoms with Crippen LogP contribution in [0.3, 0.4) is 0 Å². The Morgan fingerprint density at radius 2 is 0.853 bits per heavy atom. The van der Waals surface area contributed by atoms with Crippen molar-refractivity contribution in [3.63, 3.8) is 0 Å². The van der Waals surface area contributed by atoms with Crippen molar-refractivity contribution in [2.75, 3.05) is 7.11 Å². The highest BCUT2D eigenvalue weighted by Crippen LogP contribution is 2.38. The quantitative estimate of drug-likeness (QED) is 0.0275. The predicted octanol–water partition coefficient (Wildman–Crippen LogP) is 16.5. The van der Waals surface area contributed by atoms with Crippen LogP contribution in [0.25, 0.3) is 30.4 Å². The number of carboxylic acid groups (broad SMARTS) is 8. The van der Waals surface area contributed by atoms with Crippen LogP contribution in [0, 0.1) is 27.7 Å². The summed E-state index contributed by atoms with van der Waals surface area (Å²) in [5, 5.41) is 67.0. The topological polar surface area (TPSA) is 317 Å². The molecule has 7 aromatic carbocycles. The zero-order valence-corrected chi connectivity index (χ0v) is 56.5. The summed E-state index contributed by atoms with van der Waals surface area (Å²) in [6.07, 6.45) is 15.3. The van der Waals surface area contributed by atoms with Crippen molar-refractivity contribution >= 4 is 86.5 Å². The van der Waals surface area contributed by atoms with Crippen molar-refractivity contribution in [3.8, 4) is 11.5 Å². The zero-order chi connectivity index (χ0) is 71.9. The number of hydrogen-bond donors (Lipinski definition) is 8. The van der Waals surface area contributed by atoms with Crippen LogP contribution in [0.5, 0.6) is 11.5 Å². The molecule has 0 amide bonds. The molecule has 0 radical (unpaired) electrons. The van der Waals surface area contributed by atoms with E-state index in [1.54, 1.807) is 67.8 Å². The number of aromatic carboxylic acids is 1. The fourth-order valence-electron chi connectivity index (χ4n) is 6.84. The van der Waals surface area contributed by atoms with Crippen molar-refractivity contribution in [3.05, 3.63) is 268 Å². The van der Waals surface area contributed by atoms with E-state index in [2.05, 4.69) is 33.9 Å². The molecule has 95 heavy (non-hydrogen) atoms. The van der Waals surface area contributed by atoms with E-state index in [4.69, 9.17) is 50.0 Å². The first-order chi connectivity index (χ1) is 44.7. The van der Waals surface area contributed by atoms with Crippen LogP contribution in [-0.4, -0.2) is 104 Å². The number of carboxylic acids is 8. The van der Waals surface area contributed by atoms with Gasteiger partial charge in [-0.3, -0.25) is 9.59 Å². The van der Waals surface area contributed by atoms with Gasteiger partial charge in [0.2, 0.25) is 0 Å². The van der Waals surface area contributed by atoms with E-state index in [9.17, 15) is 38.4 Å². The van der Waals surface area contributed by atoms with Gasteiger partial charge in [-0.1, -0.05) is 190 Å². The largest absolute Gasteiger partial charge is 0.543 e. The summed E-state index contributed by atoms with van der Waals surface area (Å²) >= 11 is 0. The van der Waals surface area contributed by atoms with Crippen LogP contribution in [0.4, 0.5) is 0 Å². The average Bonchev–Trinajstić information content (AvgIpc) is 1.26. The van der Waals surface area contributed by atoms with Crippen molar-refractivity contribution in [2.45, 2.75) is 99.2 Å². The summed E-state index contributed by atoms with van der Waals surface area (Å²) in [5.74, 6) is -5.47. The monoisotopic (exact) mass is 1320 g/mol. The third-order valence-electron chi connectivity index (χ3n) is 12.9. The molecule has 0 fully saturated rings. The molecule has 0 atom stereocenters. The van der Waals surface area contributed by atoms with Crippen molar-refractivity contribution in [1.29, 1.82) is 0 Å². The Hall–Kier alpha value is -11.2. The molecule has 0 aromatic heterocycles. The van der Waals surface area contributed by atoms with Gasteiger partial charge in [0.15, 0.2) is 0 Å². The molecule has 0 aliphatic rings. The van der Waals surface area contributed by atoms with Crippen LogP contribution < -0.4 is 9.16 Å². The molecule has 0 saturated heterocycles. The van der Waals surface area contributed by atoms with Gasteiger partial charge < -0.3 is 50.0 Å². The molecule has 0 aliphatic heterocycles. The summed E-state index contributed by atoms with van der Waals surface area (Å²) in [6.45, 7) is 20.6. The Labute approximate surface area is 557 Å². The van der Waals surface area contributed by atoms with E-state index in [1.165, 1.54) is 5.56 Å². The fraction of sp³-hybridized carbons (Fsp3) is 0.211. The van der Waals surface area contributed by atoms with E-state index < -0.39 is 56.1 Å². The van der Waals surface area contributed by atoms with Crippen molar-refractivity contribution in [1.82, 2.24) is 0 Å². The number of aryl methyl sites for hydroxylation is 4. The highest BCUT2D eigenvalue weighted by Gasteiger charge is 2.39. The highest BCUT2D eigenvalue weighted by atomic mass is 28.4. The second kappa shape index (κ2) is 46.8. The van der Waals surface area contributed by atoms with E-state index in [0.29, 0.717) is 18.4 Å². The predicted molar refractivity (Wildman–Crippen MR) is 377 cm³/mol. The molecule has 0 aliphatic carbocycles. The number of methoxy groups -OCH3 is 1. The molecule has 0 bridgehead atoms. The number of carbonyl (C=O) groups is 8. The highest BCUT2D eigenvalue weighted by molar-refractivity contribution is 6.74. The summed E-state index contributed by atoms with van der Waals surface area (Å²) in [6, 6.07) is 53.8. The maximum Gasteiger partial charge on any atom is 0.335 e. The Bertz CT molecular complexity index is 3640. The number of benzene rings is 7. The Morgan fingerprint density at radius 1 is 0.432 bits per heavy atom. The summed E-state index contributed by atoms with van der Waals surface area (Å²) in [7, 11) is -0.311. The van der Waals surface area contributed by atoms with Crippen LogP contribution in [-0.2, 0) is 40.0 Å². The summed E-state index contributed by atoms with van der Waals surface area (Å²) in [5.41, 5.74) is 10.2. The first-order valence-electron chi connectivity index (χ1n) is 29.6. The minimum Gasteiger partial charge on any atom is -0.543 e. The fourth-order valence-corrected chi connectivity index (χ4v) is 7.88. The minimum atomic E-state index is -1.91. The maximum atomic E-state index is 10.6. The van der Waals surface area contributed by atoms with Gasteiger partial charge in [-0.2, -0.15) is 0 Å². The Kier molecular flexibility index (Phi) is 41.3. The van der Waals surface area contributed by atoms with E-state index in [1.807, 2.05) is 180 Å². The third-order valence-corrected chi connectivity index (χ3v) is 17.2.